The highest BCUT2D eigenvalue weighted by Gasteiger charge is 2.19. The lowest BCUT2D eigenvalue weighted by Crippen LogP contribution is -2.11. The van der Waals surface area contributed by atoms with Crippen molar-refractivity contribution in [3.05, 3.63) is 212 Å². The lowest BCUT2D eigenvalue weighted by molar-refractivity contribution is 0.673. The van der Waals surface area contributed by atoms with Crippen LogP contribution in [-0.2, 0) is 0 Å². The fourth-order valence-electron chi connectivity index (χ4n) is 7.13. The van der Waals surface area contributed by atoms with Crippen LogP contribution in [0.25, 0.3) is 77.2 Å². The fourth-order valence-corrected chi connectivity index (χ4v) is 7.13. The van der Waals surface area contributed by atoms with E-state index in [4.69, 9.17) is 4.42 Å². The molecular formula is C52H35NO. The molecule has 10 rings (SSSR count). The molecule has 0 radical (unpaired) electrons. The summed E-state index contributed by atoms with van der Waals surface area (Å²) >= 11 is 0. The smallest absolute Gasteiger partial charge is 0.143 e. The molecule has 1 heterocycles. The van der Waals surface area contributed by atoms with Gasteiger partial charge in [0, 0.05) is 33.1 Å². The topological polar surface area (TPSA) is 16.4 Å². The van der Waals surface area contributed by atoms with E-state index in [1.807, 2.05) is 109 Å². The van der Waals surface area contributed by atoms with E-state index in [2.05, 4.69) is 6.07 Å². The molecule has 1 aromatic heterocycles. The average molecular weight is 698 g/mol. The van der Waals surface area contributed by atoms with Crippen molar-refractivity contribution in [3.63, 3.8) is 0 Å². The van der Waals surface area contributed by atoms with Gasteiger partial charge in [0.15, 0.2) is 0 Å². The Labute approximate surface area is 326 Å². The third-order valence-corrected chi connectivity index (χ3v) is 9.83. The predicted octanol–water partition coefficient (Wildman–Crippen LogP) is 14.9. The minimum Gasteiger partial charge on any atom is -0.455 e. The number of hydrogen-bond donors (Lipinski definition) is 0. The Morgan fingerprint density at radius 3 is 1.54 bits per heavy atom. The molecule has 254 valence electrons. The maximum atomic E-state index is 9.60. The van der Waals surface area contributed by atoms with E-state index in [-0.39, 0.29) is 46.7 Å². The van der Waals surface area contributed by atoms with Crippen LogP contribution in [0.4, 0.5) is 17.1 Å². The number of benzene rings is 9. The number of hydrogen-bond acceptors (Lipinski definition) is 2. The number of fused-ring (bicyclic) bond motifs is 5. The van der Waals surface area contributed by atoms with Crippen LogP contribution >= 0.6 is 0 Å². The molecule has 0 aliphatic heterocycles. The van der Waals surface area contributed by atoms with Gasteiger partial charge >= 0.3 is 0 Å². The Morgan fingerprint density at radius 2 is 0.870 bits per heavy atom. The lowest BCUT2D eigenvalue weighted by atomic mass is 9.98. The van der Waals surface area contributed by atoms with Crippen molar-refractivity contribution < 1.29 is 15.4 Å². The minimum atomic E-state index is -0.411. The molecule has 10 aromatic rings. The number of rotatable bonds is 7. The molecule has 0 fully saturated rings. The van der Waals surface area contributed by atoms with Gasteiger partial charge in [0.05, 0.1) is 16.7 Å². The first-order valence-corrected chi connectivity index (χ1v) is 17.8. The summed E-state index contributed by atoms with van der Waals surface area (Å²) in [6, 6.07) is 48.1. The zero-order valence-electron chi connectivity index (χ0n) is 36.9. The lowest BCUT2D eigenvalue weighted by Gasteiger charge is -2.28. The molecule has 2 nitrogen and oxygen atoms in total. The van der Waals surface area contributed by atoms with Crippen molar-refractivity contribution in [1.82, 2.24) is 0 Å². The summed E-state index contributed by atoms with van der Waals surface area (Å²) in [6.45, 7) is 0. The molecule has 9 aromatic carbocycles. The minimum absolute atomic E-state index is 0.0958. The molecule has 0 aliphatic carbocycles. The van der Waals surface area contributed by atoms with Crippen LogP contribution in [0.2, 0.25) is 0 Å². The molecule has 0 amide bonds. The first-order valence-electron chi connectivity index (χ1n) is 21.8. The standard InChI is InChI=1S/C52H35NO/c1-3-11-36(12-4-1)38-19-21-39(22-20-38)41-25-31-45(32-26-41)53(44-29-23-40(24-30-44)37-13-5-2-6-14-37)50-18-10-9-16-46(50)43-28-33-48-49-34-27-42-15-7-8-17-47(42)52(49)54-51(48)35-43/h1-35H/i23D,24D,25D,26D,29D,30D,31D,32D. The first-order chi connectivity index (χ1) is 30.1. The molecular weight excluding hydrogens is 655 g/mol. The van der Waals surface area contributed by atoms with Crippen LogP contribution in [0.15, 0.2) is 217 Å². The average Bonchev–Trinajstić information content (AvgIpc) is 3.69. The SMILES string of the molecule is [2H]c1c([2H])c(N(c2ccccc2-c2ccc3c(c2)oc2c4ccccc4ccc32)c2c([2H])c([2H])c(-c3ccc(-c4ccccc4)cc3)c([2H])c2[2H])c([2H])c([2H])c1-c1ccccc1. The Kier molecular flexibility index (Phi) is 6.01. The van der Waals surface area contributed by atoms with Gasteiger partial charge in [-0.3, -0.25) is 0 Å². The molecule has 0 spiro atoms. The van der Waals surface area contributed by atoms with Crippen LogP contribution in [-0.4, -0.2) is 0 Å². The fraction of sp³-hybridized carbons (Fsp3) is 0. The summed E-state index contributed by atoms with van der Waals surface area (Å²) in [6.07, 6.45) is 0. The second-order valence-corrected chi connectivity index (χ2v) is 13.1. The Balaban J connectivity index is 1.21. The van der Waals surface area contributed by atoms with E-state index in [1.165, 1.54) is 4.90 Å². The number of nitrogens with zero attached hydrogens (tertiary/aromatic N) is 1. The Morgan fingerprint density at radius 1 is 0.370 bits per heavy atom. The van der Waals surface area contributed by atoms with Crippen molar-refractivity contribution >= 4 is 49.8 Å². The van der Waals surface area contributed by atoms with E-state index in [1.54, 1.807) is 48.5 Å². The highest BCUT2D eigenvalue weighted by Crippen LogP contribution is 2.43. The summed E-state index contributed by atoms with van der Waals surface area (Å²) < 4.78 is 82.1. The van der Waals surface area contributed by atoms with E-state index in [0.29, 0.717) is 33.5 Å². The van der Waals surface area contributed by atoms with Crippen LogP contribution < -0.4 is 4.90 Å². The maximum absolute atomic E-state index is 9.60. The highest BCUT2D eigenvalue weighted by molar-refractivity contribution is 6.15. The quantitative estimate of drug-likeness (QED) is 0.165. The van der Waals surface area contributed by atoms with E-state index in [9.17, 15) is 11.0 Å². The molecule has 0 bridgehead atoms. The van der Waals surface area contributed by atoms with Gasteiger partial charge in [-0.05, 0) is 92.8 Å². The Hall–Kier alpha value is -7.16. The van der Waals surface area contributed by atoms with Crippen molar-refractivity contribution in [2.45, 2.75) is 0 Å². The van der Waals surface area contributed by atoms with Gasteiger partial charge in [0.1, 0.15) is 11.2 Å². The molecule has 54 heavy (non-hydrogen) atoms. The summed E-state index contributed by atoms with van der Waals surface area (Å²) in [5, 5.41) is 3.90. The van der Waals surface area contributed by atoms with Crippen LogP contribution in [0.5, 0.6) is 0 Å². The van der Waals surface area contributed by atoms with Crippen molar-refractivity contribution in [2.24, 2.45) is 0 Å². The van der Waals surface area contributed by atoms with Gasteiger partial charge < -0.3 is 9.32 Å². The molecule has 0 atom stereocenters. The summed E-state index contributed by atoms with van der Waals surface area (Å²) in [5.74, 6) is 0. The van der Waals surface area contributed by atoms with Gasteiger partial charge in [-0.25, -0.2) is 0 Å². The van der Waals surface area contributed by atoms with E-state index in [0.717, 1.165) is 38.3 Å². The third kappa shape index (κ3) is 5.71. The largest absolute Gasteiger partial charge is 0.455 e. The normalized spacial score (nSPS) is 13.4. The van der Waals surface area contributed by atoms with Gasteiger partial charge in [0.2, 0.25) is 0 Å². The van der Waals surface area contributed by atoms with Crippen LogP contribution in [0, 0.1) is 0 Å². The molecule has 0 saturated carbocycles. The Bertz CT molecular complexity index is 3330. The summed E-state index contributed by atoms with van der Waals surface area (Å²) in [4.78, 5) is 1.37. The monoisotopic (exact) mass is 697 g/mol. The highest BCUT2D eigenvalue weighted by atomic mass is 16.3. The van der Waals surface area contributed by atoms with E-state index < -0.39 is 24.2 Å². The summed E-state index contributed by atoms with van der Waals surface area (Å²) in [5.41, 5.74) is 5.63. The molecule has 0 saturated heterocycles. The zero-order valence-corrected chi connectivity index (χ0v) is 28.9. The molecule has 0 N–H and O–H groups in total. The molecule has 0 aliphatic rings. The number of para-hydroxylation sites is 1. The van der Waals surface area contributed by atoms with E-state index >= 15 is 0 Å². The predicted molar refractivity (Wildman–Crippen MR) is 228 cm³/mol. The molecule has 2 heteroatoms. The van der Waals surface area contributed by atoms with Crippen LogP contribution in [0.1, 0.15) is 11.0 Å². The first kappa shape index (κ1) is 24.2. The van der Waals surface area contributed by atoms with Crippen molar-refractivity contribution in [2.75, 3.05) is 4.90 Å². The van der Waals surface area contributed by atoms with Gasteiger partial charge in [-0.15, -0.1) is 0 Å². The van der Waals surface area contributed by atoms with Crippen molar-refractivity contribution in [1.29, 1.82) is 0 Å². The van der Waals surface area contributed by atoms with Gasteiger partial charge in [-0.2, -0.15) is 0 Å². The van der Waals surface area contributed by atoms with Gasteiger partial charge in [-0.1, -0.05) is 164 Å². The summed E-state index contributed by atoms with van der Waals surface area (Å²) in [7, 11) is 0. The van der Waals surface area contributed by atoms with Crippen LogP contribution in [0.3, 0.4) is 0 Å². The maximum Gasteiger partial charge on any atom is 0.143 e. The third-order valence-electron chi connectivity index (χ3n) is 9.83. The number of furan rings is 1. The second-order valence-electron chi connectivity index (χ2n) is 13.1. The van der Waals surface area contributed by atoms with Gasteiger partial charge in [0.25, 0.3) is 0 Å². The second kappa shape index (κ2) is 13.4. The number of anilines is 3. The zero-order chi connectivity index (χ0) is 42.8. The van der Waals surface area contributed by atoms with Crippen molar-refractivity contribution in [3.8, 4) is 44.5 Å². The molecule has 0 unspecified atom stereocenters.